The summed E-state index contributed by atoms with van der Waals surface area (Å²) < 4.78 is 11.4. The van der Waals surface area contributed by atoms with Crippen molar-refractivity contribution in [2.45, 2.75) is 70.5 Å². The number of nitrogens with zero attached hydrogens (tertiary/aromatic N) is 1. The number of alkyl carbamates (subject to hydrolysis) is 1. The van der Waals surface area contributed by atoms with Crippen LogP contribution in [-0.4, -0.2) is 49.9 Å². The van der Waals surface area contributed by atoms with Gasteiger partial charge in [0.15, 0.2) is 0 Å². The van der Waals surface area contributed by atoms with Gasteiger partial charge in [-0.25, -0.2) is 4.79 Å². The van der Waals surface area contributed by atoms with Crippen LogP contribution in [0, 0.1) is 5.92 Å². The number of hydrogen-bond donors (Lipinski definition) is 1. The van der Waals surface area contributed by atoms with Gasteiger partial charge < -0.3 is 19.7 Å². The summed E-state index contributed by atoms with van der Waals surface area (Å²) >= 11 is 0. The zero-order chi connectivity index (χ0) is 20.2. The Morgan fingerprint density at radius 1 is 1.00 bits per heavy atom. The number of hydrogen-bond acceptors (Lipinski definition) is 4. The molecule has 2 fully saturated rings. The van der Waals surface area contributed by atoms with Crippen LogP contribution in [0.15, 0.2) is 30.3 Å². The number of unbranched alkanes of at least 4 members (excludes halogenated alkanes) is 3. The molecule has 1 aliphatic heterocycles. The number of likely N-dealkylation sites (tertiary alicyclic amines) is 1. The molecule has 1 aliphatic carbocycles. The number of nitrogens with one attached hydrogen (secondary N) is 1. The number of rotatable bonds is 12. The van der Waals surface area contributed by atoms with E-state index in [0.717, 1.165) is 37.9 Å². The molecule has 0 atom stereocenters. The average Bonchev–Trinajstić information content (AvgIpc) is 2.73. The molecule has 0 aromatic heterocycles. The molecular weight excluding hydrogens is 364 g/mol. The Kier molecular flexibility index (Phi) is 9.80. The van der Waals surface area contributed by atoms with Crippen molar-refractivity contribution in [1.29, 1.82) is 0 Å². The predicted molar refractivity (Wildman–Crippen MR) is 116 cm³/mol. The van der Waals surface area contributed by atoms with Crippen LogP contribution in [0.5, 0.6) is 0 Å². The van der Waals surface area contributed by atoms with Gasteiger partial charge >= 0.3 is 6.09 Å². The van der Waals surface area contributed by atoms with Crippen LogP contribution in [0.2, 0.25) is 0 Å². The summed E-state index contributed by atoms with van der Waals surface area (Å²) in [6.07, 6.45) is 11.1. The lowest BCUT2D eigenvalue weighted by molar-refractivity contribution is 0.0161. The Labute approximate surface area is 176 Å². The van der Waals surface area contributed by atoms with E-state index in [1.807, 2.05) is 30.3 Å². The first-order chi connectivity index (χ1) is 14.3. The van der Waals surface area contributed by atoms with Gasteiger partial charge in [-0.2, -0.15) is 0 Å². The van der Waals surface area contributed by atoms with E-state index in [-0.39, 0.29) is 6.09 Å². The second-order valence-corrected chi connectivity index (χ2v) is 8.57. The second kappa shape index (κ2) is 12.9. The molecule has 2 aliphatic rings. The molecule has 1 aromatic carbocycles. The maximum Gasteiger partial charge on any atom is 0.407 e. The fourth-order valence-electron chi connectivity index (χ4n) is 4.15. The number of benzene rings is 1. The molecule has 1 N–H and O–H groups in total. The van der Waals surface area contributed by atoms with Crippen molar-refractivity contribution in [3.05, 3.63) is 35.9 Å². The number of carbonyl (C=O) groups excluding carboxylic acids is 1. The topological polar surface area (TPSA) is 50.8 Å². The fraction of sp³-hybridized carbons (Fsp3) is 0.708. The molecule has 0 radical (unpaired) electrons. The molecule has 0 unspecified atom stereocenters. The van der Waals surface area contributed by atoms with Crippen molar-refractivity contribution in [3.63, 3.8) is 0 Å². The highest BCUT2D eigenvalue weighted by atomic mass is 16.5. The summed E-state index contributed by atoms with van der Waals surface area (Å²) in [4.78, 5) is 14.4. The van der Waals surface area contributed by atoms with Gasteiger partial charge in [-0.05, 0) is 76.1 Å². The van der Waals surface area contributed by atoms with E-state index < -0.39 is 0 Å². The van der Waals surface area contributed by atoms with Gasteiger partial charge in [0.05, 0.1) is 6.10 Å². The SMILES string of the molecule is O=C(NCC1CCC(OCCCCCCN2CCC2)CC1)OCc1ccccc1. The molecule has 162 valence electrons. The van der Waals surface area contributed by atoms with E-state index in [4.69, 9.17) is 9.47 Å². The third-order valence-corrected chi connectivity index (χ3v) is 6.21. The third-order valence-electron chi connectivity index (χ3n) is 6.21. The Morgan fingerprint density at radius 3 is 2.48 bits per heavy atom. The first-order valence-electron chi connectivity index (χ1n) is 11.6. The molecule has 1 saturated carbocycles. The maximum absolute atomic E-state index is 11.9. The van der Waals surface area contributed by atoms with Gasteiger partial charge in [0.1, 0.15) is 6.61 Å². The molecule has 0 spiro atoms. The summed E-state index contributed by atoms with van der Waals surface area (Å²) in [5.41, 5.74) is 1.01. The van der Waals surface area contributed by atoms with Crippen LogP contribution in [0.3, 0.4) is 0 Å². The molecule has 1 aromatic rings. The summed E-state index contributed by atoms with van der Waals surface area (Å²) in [5.74, 6) is 0.542. The van der Waals surface area contributed by atoms with Gasteiger partial charge in [-0.1, -0.05) is 43.2 Å². The van der Waals surface area contributed by atoms with Gasteiger partial charge in [-0.15, -0.1) is 0 Å². The van der Waals surface area contributed by atoms with E-state index >= 15 is 0 Å². The predicted octanol–water partition coefficient (Wildman–Crippen LogP) is 4.75. The highest BCUT2D eigenvalue weighted by Gasteiger charge is 2.22. The summed E-state index contributed by atoms with van der Waals surface area (Å²) in [6, 6.07) is 9.78. The van der Waals surface area contributed by atoms with Gasteiger partial charge in [0.2, 0.25) is 0 Å². The minimum Gasteiger partial charge on any atom is -0.445 e. The zero-order valence-corrected chi connectivity index (χ0v) is 17.8. The maximum atomic E-state index is 11.9. The van der Waals surface area contributed by atoms with Crippen LogP contribution < -0.4 is 5.32 Å². The highest BCUT2D eigenvalue weighted by Crippen LogP contribution is 2.26. The molecule has 1 saturated heterocycles. The monoisotopic (exact) mass is 402 g/mol. The van der Waals surface area contributed by atoms with Crippen LogP contribution in [0.1, 0.15) is 63.4 Å². The molecule has 5 heteroatoms. The Balaban J connectivity index is 1.14. The Morgan fingerprint density at radius 2 is 1.76 bits per heavy atom. The van der Waals surface area contributed by atoms with Crippen molar-refractivity contribution < 1.29 is 14.3 Å². The van der Waals surface area contributed by atoms with E-state index in [2.05, 4.69) is 10.2 Å². The van der Waals surface area contributed by atoms with Gasteiger partial charge in [0.25, 0.3) is 0 Å². The van der Waals surface area contributed by atoms with Crippen LogP contribution in [-0.2, 0) is 16.1 Å². The summed E-state index contributed by atoms with van der Waals surface area (Å²) in [6.45, 7) is 5.86. The summed E-state index contributed by atoms with van der Waals surface area (Å²) in [5, 5.41) is 2.92. The van der Waals surface area contributed by atoms with Crippen LogP contribution >= 0.6 is 0 Å². The average molecular weight is 403 g/mol. The smallest absolute Gasteiger partial charge is 0.407 e. The Hall–Kier alpha value is -1.59. The Bertz CT molecular complexity index is 569. The lowest BCUT2D eigenvalue weighted by Gasteiger charge is -2.30. The molecule has 1 amide bonds. The van der Waals surface area contributed by atoms with Gasteiger partial charge in [-0.3, -0.25) is 0 Å². The van der Waals surface area contributed by atoms with Crippen molar-refractivity contribution in [2.75, 3.05) is 32.8 Å². The molecule has 0 bridgehead atoms. The molecule has 1 heterocycles. The highest BCUT2D eigenvalue weighted by molar-refractivity contribution is 5.67. The van der Waals surface area contributed by atoms with Gasteiger partial charge in [0, 0.05) is 13.2 Å². The van der Waals surface area contributed by atoms with E-state index in [1.54, 1.807) is 0 Å². The minimum atomic E-state index is -0.318. The zero-order valence-electron chi connectivity index (χ0n) is 17.8. The van der Waals surface area contributed by atoms with Crippen LogP contribution in [0.25, 0.3) is 0 Å². The molecule has 5 nitrogen and oxygen atoms in total. The molecule has 29 heavy (non-hydrogen) atoms. The number of amides is 1. The lowest BCUT2D eigenvalue weighted by Crippen LogP contribution is -2.37. The molecular formula is C24H38N2O3. The lowest BCUT2D eigenvalue weighted by atomic mass is 9.87. The number of ether oxygens (including phenoxy) is 2. The second-order valence-electron chi connectivity index (χ2n) is 8.57. The fourth-order valence-corrected chi connectivity index (χ4v) is 4.15. The summed E-state index contributed by atoms with van der Waals surface area (Å²) in [7, 11) is 0. The first kappa shape index (κ1) is 22.1. The van der Waals surface area contributed by atoms with E-state index in [0.29, 0.717) is 25.2 Å². The van der Waals surface area contributed by atoms with Crippen molar-refractivity contribution in [2.24, 2.45) is 5.92 Å². The van der Waals surface area contributed by atoms with Crippen LogP contribution in [0.4, 0.5) is 4.79 Å². The van der Waals surface area contributed by atoms with Crippen molar-refractivity contribution in [1.82, 2.24) is 10.2 Å². The third kappa shape index (κ3) is 8.75. The van der Waals surface area contributed by atoms with E-state index in [1.165, 1.54) is 51.7 Å². The minimum absolute atomic E-state index is 0.318. The standard InChI is InChI=1S/C24H38N2O3/c27-24(29-20-22-9-4-3-5-10-22)25-19-21-11-13-23(14-12-21)28-18-7-2-1-6-15-26-16-8-17-26/h3-5,9-10,21,23H,1-2,6-8,11-20H2,(H,25,27). The normalized spacial score (nSPS) is 22.1. The van der Waals surface area contributed by atoms with Crippen molar-refractivity contribution >= 4 is 6.09 Å². The van der Waals surface area contributed by atoms with E-state index in [9.17, 15) is 4.79 Å². The van der Waals surface area contributed by atoms with Crippen molar-refractivity contribution in [3.8, 4) is 0 Å². The molecule has 3 rings (SSSR count). The first-order valence-corrected chi connectivity index (χ1v) is 11.6. The number of carbonyl (C=O) groups is 1. The quantitative estimate of drug-likeness (QED) is 0.513. The largest absolute Gasteiger partial charge is 0.445 e.